The molecule has 0 atom stereocenters. The highest BCUT2D eigenvalue weighted by molar-refractivity contribution is 5.59. The van der Waals surface area contributed by atoms with E-state index in [0.29, 0.717) is 5.82 Å². The number of aliphatic hydroxyl groups is 1. The first-order valence-electron chi connectivity index (χ1n) is 4.51. The van der Waals surface area contributed by atoms with Crippen molar-refractivity contribution < 1.29 is 5.11 Å². The summed E-state index contributed by atoms with van der Waals surface area (Å²) in [6.07, 6.45) is 3.53. The number of nitrogens with one attached hydrogen (secondary N) is 1. The van der Waals surface area contributed by atoms with Gasteiger partial charge in [-0.25, -0.2) is 0 Å². The fourth-order valence-corrected chi connectivity index (χ4v) is 1.22. The van der Waals surface area contributed by atoms with Gasteiger partial charge in [0.25, 0.3) is 0 Å². The zero-order valence-corrected chi connectivity index (χ0v) is 7.96. The van der Waals surface area contributed by atoms with E-state index < -0.39 is 0 Å². The number of benzene rings is 1. The van der Waals surface area contributed by atoms with Gasteiger partial charge in [-0.3, -0.25) is 0 Å². The van der Waals surface area contributed by atoms with E-state index in [1.165, 1.54) is 0 Å². The van der Waals surface area contributed by atoms with E-state index in [-0.39, 0.29) is 6.61 Å². The highest BCUT2D eigenvalue weighted by Crippen LogP contribution is 2.14. The van der Waals surface area contributed by atoms with Crippen LogP contribution in [-0.2, 0) is 0 Å². The minimum Gasteiger partial charge on any atom is -0.392 e. The molecule has 15 heavy (non-hydrogen) atoms. The molecular formula is C10H10N4O. The molecule has 0 bridgehead atoms. The topological polar surface area (TPSA) is 74.7 Å². The van der Waals surface area contributed by atoms with Gasteiger partial charge in [0.15, 0.2) is 0 Å². The van der Waals surface area contributed by atoms with Crippen molar-refractivity contribution in [3.63, 3.8) is 0 Å². The second-order valence-corrected chi connectivity index (χ2v) is 2.94. The number of hydrogen-bond acceptors (Lipinski definition) is 4. The summed E-state index contributed by atoms with van der Waals surface area (Å²) in [6.45, 7) is 0.0482. The van der Waals surface area contributed by atoms with Gasteiger partial charge >= 0.3 is 0 Å². The Labute approximate surface area is 86.5 Å². The number of rotatable bonds is 3. The van der Waals surface area contributed by atoms with Crippen molar-refractivity contribution in [2.75, 3.05) is 6.61 Å². The van der Waals surface area contributed by atoms with Gasteiger partial charge in [-0.15, -0.1) is 10.2 Å². The van der Waals surface area contributed by atoms with Crippen LogP contribution in [0.25, 0.3) is 17.5 Å². The molecular weight excluding hydrogens is 192 g/mol. The van der Waals surface area contributed by atoms with Crippen LogP contribution in [-0.4, -0.2) is 32.3 Å². The van der Waals surface area contributed by atoms with Gasteiger partial charge < -0.3 is 5.11 Å². The second-order valence-electron chi connectivity index (χ2n) is 2.94. The largest absolute Gasteiger partial charge is 0.392 e. The van der Waals surface area contributed by atoms with Gasteiger partial charge in [-0.05, 0) is 10.8 Å². The van der Waals surface area contributed by atoms with Crippen LogP contribution in [0.4, 0.5) is 0 Å². The summed E-state index contributed by atoms with van der Waals surface area (Å²) in [5, 5.41) is 22.2. The van der Waals surface area contributed by atoms with E-state index >= 15 is 0 Å². The summed E-state index contributed by atoms with van der Waals surface area (Å²) in [4.78, 5) is 0. The number of H-pyrrole nitrogens is 1. The molecule has 0 aliphatic rings. The Morgan fingerprint density at radius 2 is 2.07 bits per heavy atom. The summed E-state index contributed by atoms with van der Waals surface area (Å²) in [5.41, 5.74) is 1.93. The monoisotopic (exact) mass is 202 g/mol. The normalized spacial score (nSPS) is 11.0. The third-order valence-electron chi connectivity index (χ3n) is 1.93. The summed E-state index contributed by atoms with van der Waals surface area (Å²) in [6, 6.07) is 7.67. The Kier molecular flexibility index (Phi) is 2.85. The van der Waals surface area contributed by atoms with Crippen molar-refractivity contribution in [2.45, 2.75) is 0 Å². The van der Waals surface area contributed by atoms with Crippen LogP contribution in [0, 0.1) is 0 Å². The van der Waals surface area contributed by atoms with Gasteiger partial charge in [0.1, 0.15) is 0 Å². The third kappa shape index (κ3) is 2.26. The highest BCUT2D eigenvalue weighted by Gasteiger charge is 2.00. The molecule has 0 saturated carbocycles. The molecule has 1 aromatic carbocycles. The Balaban J connectivity index is 2.21. The van der Waals surface area contributed by atoms with Gasteiger partial charge in [-0.2, -0.15) is 5.21 Å². The summed E-state index contributed by atoms with van der Waals surface area (Å²) >= 11 is 0. The second kappa shape index (κ2) is 4.47. The lowest BCUT2D eigenvalue weighted by Gasteiger charge is -1.95. The van der Waals surface area contributed by atoms with Crippen LogP contribution in [0.1, 0.15) is 5.56 Å². The zero-order valence-electron chi connectivity index (χ0n) is 7.96. The van der Waals surface area contributed by atoms with Gasteiger partial charge in [0.05, 0.1) is 6.61 Å². The lowest BCUT2D eigenvalue weighted by Crippen LogP contribution is -1.81. The van der Waals surface area contributed by atoms with Crippen LogP contribution in [0.3, 0.4) is 0 Å². The van der Waals surface area contributed by atoms with Gasteiger partial charge in [0.2, 0.25) is 5.82 Å². The number of aliphatic hydroxyl groups excluding tert-OH is 1. The van der Waals surface area contributed by atoms with Crippen LogP contribution in [0.2, 0.25) is 0 Å². The van der Waals surface area contributed by atoms with E-state index in [1.807, 2.05) is 30.3 Å². The number of aromatic nitrogens is 4. The van der Waals surface area contributed by atoms with Crippen molar-refractivity contribution in [3.8, 4) is 11.4 Å². The first-order valence-corrected chi connectivity index (χ1v) is 4.51. The maximum absolute atomic E-state index is 8.61. The Morgan fingerprint density at radius 3 is 2.67 bits per heavy atom. The van der Waals surface area contributed by atoms with Crippen molar-refractivity contribution in [2.24, 2.45) is 0 Å². The molecule has 0 saturated heterocycles. The first-order chi connectivity index (χ1) is 7.40. The molecule has 2 rings (SSSR count). The molecule has 0 spiro atoms. The molecule has 1 heterocycles. The molecule has 76 valence electrons. The van der Waals surface area contributed by atoms with E-state index in [9.17, 15) is 0 Å². The molecule has 0 aliphatic carbocycles. The molecule has 0 fully saturated rings. The SMILES string of the molecule is OCC=Cc1ccc(-c2nn[nH]n2)cc1. The van der Waals surface area contributed by atoms with Crippen molar-refractivity contribution >= 4 is 6.08 Å². The number of aromatic amines is 1. The molecule has 5 heteroatoms. The quantitative estimate of drug-likeness (QED) is 0.774. The summed E-state index contributed by atoms with van der Waals surface area (Å²) < 4.78 is 0. The van der Waals surface area contributed by atoms with Gasteiger partial charge in [-0.1, -0.05) is 36.4 Å². The summed E-state index contributed by atoms with van der Waals surface area (Å²) in [7, 11) is 0. The predicted molar refractivity (Wildman–Crippen MR) is 55.7 cm³/mol. The lowest BCUT2D eigenvalue weighted by molar-refractivity contribution is 0.343. The third-order valence-corrected chi connectivity index (χ3v) is 1.93. The smallest absolute Gasteiger partial charge is 0.204 e. The molecule has 2 aromatic rings. The predicted octanol–water partition coefficient (Wildman–Crippen LogP) is 0.872. The number of tetrazole rings is 1. The number of hydrogen-bond donors (Lipinski definition) is 2. The Hall–Kier alpha value is -2.01. The minimum absolute atomic E-state index is 0.0482. The van der Waals surface area contributed by atoms with E-state index in [1.54, 1.807) is 6.08 Å². The molecule has 2 N–H and O–H groups in total. The summed E-state index contributed by atoms with van der Waals surface area (Å²) in [5.74, 6) is 0.577. The number of nitrogens with zero attached hydrogens (tertiary/aromatic N) is 3. The average molecular weight is 202 g/mol. The van der Waals surface area contributed by atoms with Crippen LogP contribution >= 0.6 is 0 Å². The zero-order chi connectivity index (χ0) is 10.5. The maximum Gasteiger partial charge on any atom is 0.204 e. The highest BCUT2D eigenvalue weighted by atomic mass is 16.2. The fourth-order valence-electron chi connectivity index (χ4n) is 1.22. The minimum atomic E-state index is 0.0482. The molecule has 0 unspecified atom stereocenters. The Morgan fingerprint density at radius 1 is 1.27 bits per heavy atom. The molecule has 0 radical (unpaired) electrons. The first kappa shape index (κ1) is 9.54. The van der Waals surface area contributed by atoms with Gasteiger partial charge in [0, 0.05) is 5.56 Å². The average Bonchev–Trinajstić information content (AvgIpc) is 2.80. The molecule has 0 amide bonds. The Bertz CT molecular complexity index is 433. The van der Waals surface area contributed by atoms with E-state index in [2.05, 4.69) is 20.6 Å². The fraction of sp³-hybridized carbons (Fsp3) is 0.100. The molecule has 0 aliphatic heterocycles. The van der Waals surface area contributed by atoms with Crippen molar-refractivity contribution in [1.82, 2.24) is 20.6 Å². The standard InChI is InChI=1S/C10H10N4O/c15-7-1-2-8-3-5-9(6-4-8)10-11-13-14-12-10/h1-6,15H,7H2,(H,11,12,13,14). The van der Waals surface area contributed by atoms with Crippen LogP contribution < -0.4 is 0 Å². The van der Waals surface area contributed by atoms with Crippen LogP contribution in [0.5, 0.6) is 0 Å². The lowest BCUT2D eigenvalue weighted by atomic mass is 10.1. The molecule has 5 nitrogen and oxygen atoms in total. The van der Waals surface area contributed by atoms with E-state index in [4.69, 9.17) is 5.11 Å². The maximum atomic E-state index is 8.61. The van der Waals surface area contributed by atoms with Crippen molar-refractivity contribution in [1.29, 1.82) is 0 Å². The van der Waals surface area contributed by atoms with E-state index in [0.717, 1.165) is 11.1 Å². The molecule has 1 aromatic heterocycles. The van der Waals surface area contributed by atoms with Crippen molar-refractivity contribution in [3.05, 3.63) is 35.9 Å². The van der Waals surface area contributed by atoms with Crippen LogP contribution in [0.15, 0.2) is 30.3 Å².